The van der Waals surface area contributed by atoms with Crippen LogP contribution in [-0.4, -0.2) is 10.9 Å². The van der Waals surface area contributed by atoms with Crippen molar-refractivity contribution < 1.29 is 9.90 Å². The predicted octanol–water partition coefficient (Wildman–Crippen LogP) is 3.96. The van der Waals surface area contributed by atoms with Crippen molar-refractivity contribution in [1.82, 2.24) is 0 Å². The van der Waals surface area contributed by atoms with Crippen LogP contribution >= 0.6 is 0 Å². The van der Waals surface area contributed by atoms with Gasteiger partial charge < -0.3 is 5.11 Å². The molecule has 1 aromatic carbocycles. The molecule has 2 fully saturated rings. The number of rotatable bonds is 0. The van der Waals surface area contributed by atoms with Crippen molar-refractivity contribution in [3.63, 3.8) is 0 Å². The van der Waals surface area contributed by atoms with E-state index >= 15 is 0 Å². The first-order chi connectivity index (χ1) is 9.68. The molecule has 0 aromatic heterocycles. The van der Waals surface area contributed by atoms with Gasteiger partial charge >= 0.3 is 0 Å². The molecule has 106 valence electrons. The van der Waals surface area contributed by atoms with E-state index in [2.05, 4.69) is 6.07 Å². The number of fused-ring (bicyclic) bond motifs is 3. The Labute approximate surface area is 120 Å². The van der Waals surface area contributed by atoms with E-state index in [1.165, 1.54) is 24.0 Å². The summed E-state index contributed by atoms with van der Waals surface area (Å²) in [6, 6.07) is 5.86. The van der Waals surface area contributed by atoms with E-state index in [0.29, 0.717) is 17.5 Å². The Hall–Kier alpha value is -1.31. The molecule has 3 aliphatic rings. The lowest BCUT2D eigenvalue weighted by molar-refractivity contribution is -0.128. The zero-order chi connectivity index (χ0) is 13.7. The second kappa shape index (κ2) is 4.34. The van der Waals surface area contributed by atoms with Crippen LogP contribution in [0.5, 0.6) is 5.75 Å². The number of aryl methyl sites for hydroxylation is 1. The molecule has 0 heterocycles. The van der Waals surface area contributed by atoms with Crippen LogP contribution in [0.3, 0.4) is 0 Å². The second-order valence-corrected chi connectivity index (χ2v) is 7.09. The molecule has 1 N–H and O–H groups in total. The first-order valence-corrected chi connectivity index (χ1v) is 8.03. The van der Waals surface area contributed by atoms with Crippen molar-refractivity contribution in [3.8, 4) is 5.75 Å². The van der Waals surface area contributed by atoms with E-state index < -0.39 is 0 Å². The molecular formula is C18H22O2. The Kier molecular flexibility index (Phi) is 2.70. The van der Waals surface area contributed by atoms with Gasteiger partial charge in [-0.15, -0.1) is 0 Å². The number of carbonyl (C=O) groups excluding carboxylic acids is 1. The highest BCUT2D eigenvalue weighted by molar-refractivity contribution is 5.87. The predicted molar refractivity (Wildman–Crippen MR) is 77.8 cm³/mol. The van der Waals surface area contributed by atoms with Gasteiger partial charge in [0.25, 0.3) is 0 Å². The smallest absolute Gasteiger partial charge is 0.139 e. The molecule has 1 spiro atoms. The molecule has 4 rings (SSSR count). The number of aromatic hydroxyl groups is 1. The van der Waals surface area contributed by atoms with Crippen molar-refractivity contribution in [1.29, 1.82) is 0 Å². The molecule has 2 nitrogen and oxygen atoms in total. The third-order valence-electron chi connectivity index (χ3n) is 6.13. The fourth-order valence-electron chi connectivity index (χ4n) is 5.05. The summed E-state index contributed by atoms with van der Waals surface area (Å²) in [4.78, 5) is 12.4. The summed E-state index contributed by atoms with van der Waals surface area (Å²) >= 11 is 0. The van der Waals surface area contributed by atoms with Gasteiger partial charge in [0.15, 0.2) is 0 Å². The monoisotopic (exact) mass is 270 g/mol. The number of ketones is 1. The maximum absolute atomic E-state index is 12.4. The summed E-state index contributed by atoms with van der Waals surface area (Å²) in [5, 5.41) is 9.68. The Morgan fingerprint density at radius 3 is 2.85 bits per heavy atom. The number of hydrogen-bond donors (Lipinski definition) is 1. The Balaban J connectivity index is 1.71. The van der Waals surface area contributed by atoms with Crippen molar-refractivity contribution >= 4 is 5.78 Å². The zero-order valence-electron chi connectivity index (χ0n) is 11.9. The number of Topliss-reactive ketones (excluding diaryl/α,β-unsaturated/α-hetero) is 1. The lowest BCUT2D eigenvalue weighted by atomic mass is 9.59. The minimum atomic E-state index is 0.00760. The third kappa shape index (κ3) is 1.73. The highest BCUT2D eigenvalue weighted by Gasteiger charge is 2.48. The summed E-state index contributed by atoms with van der Waals surface area (Å²) in [5.41, 5.74) is 2.74. The van der Waals surface area contributed by atoms with Gasteiger partial charge in [-0.2, -0.15) is 0 Å². The number of phenols is 1. The van der Waals surface area contributed by atoms with Crippen molar-refractivity contribution in [3.05, 3.63) is 29.3 Å². The normalized spacial score (nSPS) is 35.9. The van der Waals surface area contributed by atoms with E-state index in [4.69, 9.17) is 0 Å². The van der Waals surface area contributed by atoms with Crippen LogP contribution in [0.15, 0.2) is 18.2 Å². The molecule has 0 bridgehead atoms. The molecule has 0 aliphatic heterocycles. The van der Waals surface area contributed by atoms with Crippen molar-refractivity contribution in [2.75, 3.05) is 0 Å². The third-order valence-corrected chi connectivity index (χ3v) is 6.13. The lowest BCUT2D eigenvalue weighted by Crippen LogP contribution is -2.37. The average Bonchev–Trinajstić information content (AvgIpc) is 2.79. The second-order valence-electron chi connectivity index (χ2n) is 7.09. The van der Waals surface area contributed by atoms with Crippen LogP contribution in [0.25, 0.3) is 0 Å². The highest BCUT2D eigenvalue weighted by atomic mass is 16.3. The van der Waals surface area contributed by atoms with Gasteiger partial charge in [-0.25, -0.2) is 0 Å². The van der Waals surface area contributed by atoms with E-state index in [-0.39, 0.29) is 5.41 Å². The number of carbonyl (C=O) groups is 1. The molecular weight excluding hydrogens is 248 g/mol. The Bertz CT molecular complexity index is 563. The first-order valence-electron chi connectivity index (χ1n) is 8.03. The van der Waals surface area contributed by atoms with Gasteiger partial charge in [0.05, 0.1) is 0 Å². The van der Waals surface area contributed by atoms with Gasteiger partial charge in [-0.05, 0) is 80.0 Å². The highest BCUT2D eigenvalue weighted by Crippen LogP contribution is 2.56. The van der Waals surface area contributed by atoms with E-state index in [1.807, 2.05) is 12.1 Å². The maximum Gasteiger partial charge on any atom is 0.139 e. The van der Waals surface area contributed by atoms with Crippen LogP contribution in [0.4, 0.5) is 0 Å². The van der Waals surface area contributed by atoms with Crippen LogP contribution in [0, 0.1) is 11.3 Å². The largest absolute Gasteiger partial charge is 0.508 e. The minimum Gasteiger partial charge on any atom is -0.508 e. The Morgan fingerprint density at radius 2 is 2.05 bits per heavy atom. The lowest BCUT2D eigenvalue weighted by Gasteiger charge is -2.45. The van der Waals surface area contributed by atoms with Crippen molar-refractivity contribution in [2.24, 2.45) is 11.3 Å². The Morgan fingerprint density at radius 1 is 1.15 bits per heavy atom. The SMILES string of the molecule is O=C1CCC[C@]12CCC1CCc3cc(O)ccc3C1C2. The quantitative estimate of drug-likeness (QED) is 0.774. The molecule has 0 radical (unpaired) electrons. The molecule has 3 aliphatic carbocycles. The van der Waals surface area contributed by atoms with Crippen LogP contribution < -0.4 is 0 Å². The minimum absolute atomic E-state index is 0.00760. The summed E-state index contributed by atoms with van der Waals surface area (Å²) in [5.74, 6) is 2.22. The van der Waals surface area contributed by atoms with Crippen LogP contribution in [0.1, 0.15) is 62.0 Å². The zero-order valence-corrected chi connectivity index (χ0v) is 11.9. The summed E-state index contributed by atoms with van der Waals surface area (Å²) in [6.07, 6.45) is 8.74. The molecule has 2 unspecified atom stereocenters. The van der Waals surface area contributed by atoms with E-state index in [9.17, 15) is 9.90 Å². The molecule has 0 amide bonds. The standard InChI is InChI=1S/C18H22O2/c19-14-5-6-15-13(10-14)4-3-12-7-9-18(11-16(12)15)8-1-2-17(18)20/h5-6,10,12,16,19H,1-4,7-9,11H2/t12?,16?,18-/m1/s1. The molecule has 0 saturated heterocycles. The molecule has 3 atom stereocenters. The fourth-order valence-corrected chi connectivity index (χ4v) is 5.05. The number of hydrogen-bond acceptors (Lipinski definition) is 2. The maximum atomic E-state index is 12.4. The van der Waals surface area contributed by atoms with Gasteiger partial charge in [0, 0.05) is 11.8 Å². The topological polar surface area (TPSA) is 37.3 Å². The molecule has 2 heteroatoms. The average molecular weight is 270 g/mol. The van der Waals surface area contributed by atoms with Gasteiger partial charge in [-0.3, -0.25) is 4.79 Å². The van der Waals surface area contributed by atoms with Crippen molar-refractivity contribution in [2.45, 2.75) is 57.3 Å². The first kappa shape index (κ1) is 12.4. The van der Waals surface area contributed by atoms with Crippen LogP contribution in [0.2, 0.25) is 0 Å². The molecule has 2 saturated carbocycles. The van der Waals surface area contributed by atoms with Gasteiger partial charge in [-0.1, -0.05) is 6.07 Å². The molecule has 1 aromatic rings. The summed E-state index contributed by atoms with van der Waals surface area (Å²) in [6.45, 7) is 0. The number of phenolic OH excluding ortho intramolecular Hbond substituents is 1. The van der Waals surface area contributed by atoms with Gasteiger partial charge in [0.2, 0.25) is 0 Å². The van der Waals surface area contributed by atoms with Gasteiger partial charge in [0.1, 0.15) is 11.5 Å². The summed E-state index contributed by atoms with van der Waals surface area (Å²) < 4.78 is 0. The van der Waals surface area contributed by atoms with E-state index in [0.717, 1.165) is 44.4 Å². The number of benzene rings is 1. The fraction of sp³-hybridized carbons (Fsp3) is 0.611. The summed E-state index contributed by atoms with van der Waals surface area (Å²) in [7, 11) is 0. The van der Waals surface area contributed by atoms with Crippen LogP contribution in [-0.2, 0) is 11.2 Å². The molecule has 20 heavy (non-hydrogen) atoms. The van der Waals surface area contributed by atoms with E-state index in [1.54, 1.807) is 0 Å².